The number of carboxylic acids is 1. The van der Waals surface area contributed by atoms with E-state index in [2.05, 4.69) is 26.0 Å². The van der Waals surface area contributed by atoms with Crippen LogP contribution in [0.1, 0.15) is 84.5 Å². The van der Waals surface area contributed by atoms with Gasteiger partial charge in [-0.3, -0.25) is 4.79 Å². The molecule has 0 bridgehead atoms. The summed E-state index contributed by atoms with van der Waals surface area (Å²) in [5.74, 6) is -0.223. The van der Waals surface area contributed by atoms with Crippen molar-refractivity contribution in [2.24, 2.45) is 17.8 Å². The van der Waals surface area contributed by atoms with Gasteiger partial charge in [0.05, 0.1) is 6.10 Å². The summed E-state index contributed by atoms with van der Waals surface area (Å²) < 4.78 is 26.7. The highest BCUT2D eigenvalue weighted by Gasteiger charge is 2.38. The number of aliphatic hydroxyl groups excluding tert-OH is 1. The normalized spacial score (nSPS) is 30.8. The van der Waals surface area contributed by atoms with Crippen molar-refractivity contribution in [2.75, 3.05) is 6.61 Å². The van der Waals surface area contributed by atoms with Gasteiger partial charge in [-0.2, -0.15) is 0 Å². The van der Waals surface area contributed by atoms with Gasteiger partial charge in [-0.15, -0.1) is 0 Å². The number of hydrogen-bond donors (Lipinski definition) is 2. The molecule has 0 radical (unpaired) electrons. The van der Waals surface area contributed by atoms with Crippen LogP contribution in [-0.4, -0.2) is 47.5 Å². The summed E-state index contributed by atoms with van der Waals surface area (Å²) in [6, 6.07) is 0. The Hall–Kier alpha value is -1.24. The highest BCUT2D eigenvalue weighted by molar-refractivity contribution is 5.66. The highest BCUT2D eigenvalue weighted by atomic mass is 19.1. The molecule has 0 aromatic heterocycles. The molecule has 2 rings (SSSR count). The van der Waals surface area contributed by atoms with Crippen molar-refractivity contribution in [3.8, 4) is 0 Å². The van der Waals surface area contributed by atoms with Crippen LogP contribution in [0.5, 0.6) is 0 Å². The summed E-state index contributed by atoms with van der Waals surface area (Å²) in [5.41, 5.74) is 0. The smallest absolute Gasteiger partial charge is 0.303 e. The Balaban J connectivity index is 1.98. The first-order chi connectivity index (χ1) is 15.4. The molecule has 1 saturated carbocycles. The van der Waals surface area contributed by atoms with Crippen LogP contribution < -0.4 is 0 Å². The van der Waals surface area contributed by atoms with Crippen LogP contribution in [0.2, 0.25) is 0 Å². The second-order valence-corrected chi connectivity index (χ2v) is 9.45. The fourth-order valence-corrected chi connectivity index (χ4v) is 4.83. The molecular weight excluding hydrogens is 411 g/mol. The molecule has 1 heterocycles. The van der Waals surface area contributed by atoms with Crippen LogP contribution in [-0.2, 0) is 14.3 Å². The molecule has 2 fully saturated rings. The molecule has 7 atom stereocenters. The van der Waals surface area contributed by atoms with Crippen LogP contribution in [0.25, 0.3) is 0 Å². The number of ether oxygens (including phenoxy) is 2. The lowest BCUT2D eigenvalue weighted by atomic mass is 9.86. The molecule has 1 aliphatic heterocycles. The van der Waals surface area contributed by atoms with E-state index >= 15 is 0 Å². The lowest BCUT2D eigenvalue weighted by Crippen LogP contribution is -2.32. The second kappa shape index (κ2) is 14.8. The SMILES string of the molecule is CCCC[C@@H](F)[C@@H](/C=C/[C@@H]1[C@@H](C/C=C\CCCC(=O)O)[C@@H](O)C[C@H]1C)OC1CCCCO1. The third kappa shape index (κ3) is 9.32. The third-order valence-electron chi connectivity index (χ3n) is 6.76. The minimum absolute atomic E-state index is 0.0808. The van der Waals surface area contributed by atoms with Crippen molar-refractivity contribution in [3.63, 3.8) is 0 Å². The standard InChI is InChI=1S/C26H43FO5/c1-3-4-12-22(27)24(32-26-14-9-10-17-31-26)16-15-20-19(2)18-23(28)21(20)11-7-5-6-8-13-25(29)30/h5,7,15-16,19-24,26,28H,3-4,6,8-14,17-18H2,1-2H3,(H,29,30)/b7-5-,16-15+/t19-,20+,21-,22-,23+,24-,26?/m1/s1. The van der Waals surface area contributed by atoms with Crippen molar-refractivity contribution < 1.29 is 28.9 Å². The Kier molecular flexibility index (Phi) is 12.5. The number of allylic oxidation sites excluding steroid dienone is 3. The minimum atomic E-state index is -1.06. The fourth-order valence-electron chi connectivity index (χ4n) is 4.83. The van der Waals surface area contributed by atoms with E-state index in [1.54, 1.807) is 0 Å². The number of carbonyl (C=O) groups is 1. The van der Waals surface area contributed by atoms with Crippen LogP contribution in [0.4, 0.5) is 4.39 Å². The van der Waals surface area contributed by atoms with Crippen molar-refractivity contribution in [3.05, 3.63) is 24.3 Å². The molecule has 0 aromatic carbocycles. The molecule has 32 heavy (non-hydrogen) atoms. The summed E-state index contributed by atoms with van der Waals surface area (Å²) in [6.07, 6.45) is 13.7. The summed E-state index contributed by atoms with van der Waals surface area (Å²) in [4.78, 5) is 10.6. The molecule has 6 heteroatoms. The number of aliphatic hydroxyl groups is 1. The maximum absolute atomic E-state index is 15.0. The number of rotatable bonds is 14. The van der Waals surface area contributed by atoms with Gasteiger partial charge in [-0.05, 0) is 69.1 Å². The first-order valence-corrected chi connectivity index (χ1v) is 12.6. The minimum Gasteiger partial charge on any atom is -0.481 e. The van der Waals surface area contributed by atoms with E-state index < -0.39 is 18.2 Å². The number of aliphatic carboxylic acids is 1. The number of hydrogen-bond acceptors (Lipinski definition) is 4. The quantitative estimate of drug-likeness (QED) is 0.256. The van der Waals surface area contributed by atoms with Crippen molar-refractivity contribution >= 4 is 5.97 Å². The predicted molar refractivity (Wildman–Crippen MR) is 124 cm³/mol. The average molecular weight is 455 g/mol. The molecule has 0 spiro atoms. The zero-order valence-electron chi connectivity index (χ0n) is 19.8. The van der Waals surface area contributed by atoms with E-state index in [1.165, 1.54) is 0 Å². The second-order valence-electron chi connectivity index (χ2n) is 9.45. The molecule has 2 aliphatic rings. The van der Waals surface area contributed by atoms with Crippen LogP contribution in [0, 0.1) is 17.8 Å². The van der Waals surface area contributed by atoms with E-state index in [9.17, 15) is 14.3 Å². The zero-order valence-corrected chi connectivity index (χ0v) is 19.8. The van der Waals surface area contributed by atoms with Crippen LogP contribution >= 0.6 is 0 Å². The molecule has 1 saturated heterocycles. The molecule has 2 N–H and O–H groups in total. The van der Waals surface area contributed by atoms with E-state index in [-0.39, 0.29) is 30.7 Å². The number of halogens is 1. The van der Waals surface area contributed by atoms with Gasteiger partial charge in [-0.1, -0.05) is 51.0 Å². The Morgan fingerprint density at radius 2 is 2.09 bits per heavy atom. The molecule has 5 nitrogen and oxygen atoms in total. The third-order valence-corrected chi connectivity index (χ3v) is 6.76. The predicted octanol–water partition coefficient (Wildman–Crippen LogP) is 5.82. The maximum Gasteiger partial charge on any atom is 0.303 e. The lowest BCUT2D eigenvalue weighted by molar-refractivity contribution is -0.189. The first-order valence-electron chi connectivity index (χ1n) is 12.6. The van der Waals surface area contributed by atoms with E-state index in [0.29, 0.717) is 25.4 Å². The van der Waals surface area contributed by atoms with Crippen molar-refractivity contribution in [1.82, 2.24) is 0 Å². The number of unbranched alkanes of at least 4 members (excludes halogenated alkanes) is 2. The lowest BCUT2D eigenvalue weighted by Gasteiger charge is -2.28. The monoisotopic (exact) mass is 454 g/mol. The van der Waals surface area contributed by atoms with Gasteiger partial charge >= 0.3 is 5.97 Å². The Morgan fingerprint density at radius 3 is 2.78 bits per heavy atom. The van der Waals surface area contributed by atoms with Gasteiger partial charge in [0, 0.05) is 13.0 Å². The molecule has 184 valence electrons. The van der Waals surface area contributed by atoms with Gasteiger partial charge in [-0.25, -0.2) is 4.39 Å². The largest absolute Gasteiger partial charge is 0.481 e. The Morgan fingerprint density at radius 1 is 1.28 bits per heavy atom. The fraction of sp³-hybridized carbons (Fsp3) is 0.808. The zero-order chi connectivity index (χ0) is 23.3. The van der Waals surface area contributed by atoms with Gasteiger partial charge in [0.1, 0.15) is 12.3 Å². The summed E-state index contributed by atoms with van der Waals surface area (Å²) in [6.45, 7) is 4.86. The number of carboxylic acid groups (broad SMARTS) is 1. The Bertz CT molecular complexity index is 587. The van der Waals surface area contributed by atoms with Crippen molar-refractivity contribution in [2.45, 2.75) is 109 Å². The summed E-state index contributed by atoms with van der Waals surface area (Å²) in [5, 5.41) is 19.3. The summed E-state index contributed by atoms with van der Waals surface area (Å²) in [7, 11) is 0. The molecular formula is C26H43FO5. The first kappa shape index (κ1) is 27.0. The molecule has 0 aromatic rings. The van der Waals surface area contributed by atoms with Gasteiger partial charge < -0.3 is 19.7 Å². The molecule has 1 unspecified atom stereocenters. The molecule has 0 amide bonds. The highest BCUT2D eigenvalue weighted by Crippen LogP contribution is 2.40. The van der Waals surface area contributed by atoms with Crippen LogP contribution in [0.3, 0.4) is 0 Å². The van der Waals surface area contributed by atoms with Crippen LogP contribution in [0.15, 0.2) is 24.3 Å². The van der Waals surface area contributed by atoms with Crippen molar-refractivity contribution in [1.29, 1.82) is 0 Å². The number of alkyl halides is 1. The topological polar surface area (TPSA) is 76.0 Å². The van der Waals surface area contributed by atoms with Gasteiger partial charge in [0.25, 0.3) is 0 Å². The van der Waals surface area contributed by atoms with Gasteiger partial charge in [0.15, 0.2) is 6.29 Å². The average Bonchev–Trinajstić information content (AvgIpc) is 3.04. The van der Waals surface area contributed by atoms with Gasteiger partial charge in [0.2, 0.25) is 0 Å². The van der Waals surface area contributed by atoms with E-state index in [1.807, 2.05) is 12.2 Å². The van der Waals surface area contributed by atoms with E-state index in [4.69, 9.17) is 14.6 Å². The molecule has 1 aliphatic carbocycles. The van der Waals surface area contributed by atoms with E-state index in [0.717, 1.165) is 51.4 Å². The summed E-state index contributed by atoms with van der Waals surface area (Å²) >= 11 is 0. The maximum atomic E-state index is 15.0. The Labute approximate surface area is 193 Å².